The van der Waals surface area contributed by atoms with E-state index in [1.165, 1.54) is 0 Å². The molecular weight excluding hydrogens is 226 g/mol. The lowest BCUT2D eigenvalue weighted by Crippen LogP contribution is -2.20. The predicted octanol–water partition coefficient (Wildman–Crippen LogP) is 3.41. The van der Waals surface area contributed by atoms with Crippen LogP contribution in [0.3, 0.4) is 0 Å². The van der Waals surface area contributed by atoms with Gasteiger partial charge in [0.25, 0.3) is 0 Å². The van der Waals surface area contributed by atoms with Crippen molar-refractivity contribution in [2.75, 3.05) is 18.9 Å². The van der Waals surface area contributed by atoms with Crippen molar-refractivity contribution in [3.8, 4) is 5.75 Å². The molecule has 0 spiro atoms. The Morgan fingerprint density at radius 2 is 2.06 bits per heavy atom. The molecule has 2 N–H and O–H groups in total. The third-order valence-corrected chi connectivity index (χ3v) is 2.27. The van der Waals surface area contributed by atoms with Gasteiger partial charge < -0.3 is 15.2 Å². The minimum Gasteiger partial charge on any atom is -0.489 e. The lowest BCUT2D eigenvalue weighted by molar-refractivity contribution is 0.0110. The second-order valence-corrected chi connectivity index (χ2v) is 5.34. The Bertz CT molecular complexity index is 405. The van der Waals surface area contributed by atoms with Crippen LogP contribution in [0.4, 0.5) is 5.69 Å². The van der Waals surface area contributed by atoms with Gasteiger partial charge in [0, 0.05) is 11.8 Å². The zero-order valence-corrected chi connectivity index (χ0v) is 11.7. The van der Waals surface area contributed by atoms with Gasteiger partial charge in [0.2, 0.25) is 0 Å². The summed E-state index contributed by atoms with van der Waals surface area (Å²) in [7, 11) is 0. The summed E-state index contributed by atoms with van der Waals surface area (Å²) in [5.41, 5.74) is 7.44. The Balaban J connectivity index is 2.36. The SMILES string of the molecule is C/C(=C\COc1cccc(N)c1)COC(C)(C)C. The van der Waals surface area contributed by atoms with Gasteiger partial charge in [-0.25, -0.2) is 0 Å². The van der Waals surface area contributed by atoms with Crippen LogP contribution < -0.4 is 10.5 Å². The van der Waals surface area contributed by atoms with Gasteiger partial charge in [-0.15, -0.1) is 0 Å². The number of rotatable bonds is 5. The Hall–Kier alpha value is -1.48. The molecule has 1 rings (SSSR count). The van der Waals surface area contributed by atoms with E-state index in [4.69, 9.17) is 15.2 Å². The quantitative estimate of drug-likeness (QED) is 0.642. The number of anilines is 1. The first-order valence-electron chi connectivity index (χ1n) is 6.15. The second kappa shape index (κ2) is 6.45. The van der Waals surface area contributed by atoms with Crippen molar-refractivity contribution < 1.29 is 9.47 Å². The Morgan fingerprint density at radius 1 is 1.33 bits per heavy atom. The van der Waals surface area contributed by atoms with E-state index in [0.29, 0.717) is 18.9 Å². The minimum absolute atomic E-state index is 0.107. The van der Waals surface area contributed by atoms with Crippen LogP contribution >= 0.6 is 0 Å². The molecular formula is C15H23NO2. The highest BCUT2D eigenvalue weighted by molar-refractivity contribution is 5.43. The summed E-state index contributed by atoms with van der Waals surface area (Å²) in [5.74, 6) is 0.788. The van der Waals surface area contributed by atoms with E-state index < -0.39 is 0 Å². The van der Waals surface area contributed by atoms with Gasteiger partial charge in [0.1, 0.15) is 12.4 Å². The van der Waals surface area contributed by atoms with Crippen LogP contribution in [-0.4, -0.2) is 18.8 Å². The summed E-state index contributed by atoms with van der Waals surface area (Å²) in [6.07, 6.45) is 2.02. The van der Waals surface area contributed by atoms with E-state index in [1.807, 2.05) is 58.0 Å². The fraction of sp³-hybridized carbons (Fsp3) is 0.467. The molecule has 0 unspecified atom stereocenters. The van der Waals surface area contributed by atoms with Gasteiger partial charge in [-0.1, -0.05) is 6.07 Å². The van der Waals surface area contributed by atoms with Crippen LogP contribution in [0.15, 0.2) is 35.9 Å². The van der Waals surface area contributed by atoms with E-state index in [-0.39, 0.29) is 5.60 Å². The van der Waals surface area contributed by atoms with Crippen LogP contribution in [0.5, 0.6) is 5.75 Å². The van der Waals surface area contributed by atoms with Crippen molar-refractivity contribution in [3.05, 3.63) is 35.9 Å². The van der Waals surface area contributed by atoms with Gasteiger partial charge in [-0.3, -0.25) is 0 Å². The molecule has 1 aromatic carbocycles. The lowest BCUT2D eigenvalue weighted by Gasteiger charge is -2.19. The summed E-state index contributed by atoms with van der Waals surface area (Å²) >= 11 is 0. The van der Waals surface area contributed by atoms with E-state index in [0.717, 1.165) is 11.3 Å². The molecule has 0 aliphatic rings. The molecule has 0 amide bonds. The van der Waals surface area contributed by atoms with E-state index in [9.17, 15) is 0 Å². The largest absolute Gasteiger partial charge is 0.489 e. The molecule has 18 heavy (non-hydrogen) atoms. The number of benzene rings is 1. The average molecular weight is 249 g/mol. The molecule has 100 valence electrons. The van der Waals surface area contributed by atoms with Gasteiger partial charge in [0.05, 0.1) is 12.2 Å². The molecule has 0 saturated carbocycles. The van der Waals surface area contributed by atoms with Crippen LogP contribution in [-0.2, 0) is 4.74 Å². The van der Waals surface area contributed by atoms with Crippen LogP contribution in [0, 0.1) is 0 Å². The summed E-state index contributed by atoms with van der Waals surface area (Å²) in [4.78, 5) is 0. The molecule has 0 heterocycles. The third kappa shape index (κ3) is 6.30. The van der Waals surface area contributed by atoms with Crippen molar-refractivity contribution in [2.45, 2.75) is 33.3 Å². The molecule has 1 aromatic rings. The first kappa shape index (κ1) is 14.6. The summed E-state index contributed by atoms with van der Waals surface area (Å²) < 4.78 is 11.2. The zero-order chi connectivity index (χ0) is 13.6. The van der Waals surface area contributed by atoms with Crippen molar-refractivity contribution in [3.63, 3.8) is 0 Å². The highest BCUT2D eigenvalue weighted by Crippen LogP contribution is 2.14. The normalized spacial score (nSPS) is 12.6. The molecule has 0 fully saturated rings. The second-order valence-electron chi connectivity index (χ2n) is 5.34. The zero-order valence-electron chi connectivity index (χ0n) is 11.7. The van der Waals surface area contributed by atoms with Gasteiger partial charge >= 0.3 is 0 Å². The maximum absolute atomic E-state index is 5.67. The molecule has 0 radical (unpaired) electrons. The molecule has 3 heteroatoms. The van der Waals surface area contributed by atoms with Gasteiger partial charge in [0.15, 0.2) is 0 Å². The first-order chi connectivity index (χ1) is 8.37. The van der Waals surface area contributed by atoms with E-state index in [1.54, 1.807) is 0 Å². The Labute approximate surface area is 110 Å². The maximum Gasteiger partial charge on any atom is 0.121 e. The number of nitrogen functional groups attached to an aromatic ring is 1. The highest BCUT2D eigenvalue weighted by atomic mass is 16.5. The summed E-state index contributed by atoms with van der Waals surface area (Å²) in [6, 6.07) is 7.43. The predicted molar refractivity (Wildman–Crippen MR) is 75.8 cm³/mol. The molecule has 3 nitrogen and oxygen atoms in total. The lowest BCUT2D eigenvalue weighted by atomic mass is 10.2. The molecule has 0 saturated heterocycles. The molecule has 0 aliphatic carbocycles. The van der Waals surface area contributed by atoms with Crippen LogP contribution in [0.2, 0.25) is 0 Å². The van der Waals surface area contributed by atoms with Crippen LogP contribution in [0.25, 0.3) is 0 Å². The van der Waals surface area contributed by atoms with Crippen molar-refractivity contribution in [1.82, 2.24) is 0 Å². The fourth-order valence-corrected chi connectivity index (χ4v) is 1.27. The fourth-order valence-electron chi connectivity index (χ4n) is 1.27. The number of nitrogens with two attached hydrogens (primary N) is 1. The smallest absolute Gasteiger partial charge is 0.121 e. The molecule has 0 bridgehead atoms. The number of hydrogen-bond acceptors (Lipinski definition) is 3. The van der Waals surface area contributed by atoms with Crippen molar-refractivity contribution in [2.24, 2.45) is 0 Å². The standard InChI is InChI=1S/C15H23NO2/c1-12(11-18-15(2,3)4)8-9-17-14-7-5-6-13(16)10-14/h5-8,10H,9,11,16H2,1-4H3/b12-8+. The number of hydrogen-bond donors (Lipinski definition) is 1. The maximum atomic E-state index is 5.67. The number of ether oxygens (including phenoxy) is 2. The molecule has 0 aromatic heterocycles. The van der Waals surface area contributed by atoms with Crippen molar-refractivity contribution >= 4 is 5.69 Å². The summed E-state index contributed by atoms with van der Waals surface area (Å²) in [6.45, 7) is 9.33. The first-order valence-corrected chi connectivity index (χ1v) is 6.15. The Morgan fingerprint density at radius 3 is 2.67 bits per heavy atom. The van der Waals surface area contributed by atoms with Crippen LogP contribution in [0.1, 0.15) is 27.7 Å². The van der Waals surface area contributed by atoms with Crippen molar-refractivity contribution in [1.29, 1.82) is 0 Å². The summed E-state index contributed by atoms with van der Waals surface area (Å²) in [5, 5.41) is 0. The molecule has 0 atom stereocenters. The third-order valence-electron chi connectivity index (χ3n) is 2.27. The Kier molecular flexibility index (Phi) is 5.23. The van der Waals surface area contributed by atoms with E-state index >= 15 is 0 Å². The van der Waals surface area contributed by atoms with Gasteiger partial charge in [-0.2, -0.15) is 0 Å². The highest BCUT2D eigenvalue weighted by Gasteiger charge is 2.09. The average Bonchev–Trinajstić information content (AvgIpc) is 2.25. The topological polar surface area (TPSA) is 44.5 Å². The monoisotopic (exact) mass is 249 g/mol. The molecule has 0 aliphatic heterocycles. The van der Waals surface area contributed by atoms with Gasteiger partial charge in [-0.05, 0) is 51.5 Å². The minimum atomic E-state index is -0.107. The van der Waals surface area contributed by atoms with E-state index in [2.05, 4.69) is 0 Å².